The maximum absolute atomic E-state index is 12.6. The maximum Gasteiger partial charge on any atom is 0.305 e. The Hall–Kier alpha value is 0.01000. The van der Waals surface area contributed by atoms with Gasteiger partial charge in [0, 0.05) is 24.1 Å². The molecule has 0 radical (unpaired) electrons. The Morgan fingerprint density at radius 1 is 1.50 bits per heavy atom. The highest BCUT2D eigenvalue weighted by molar-refractivity contribution is 7.99. The summed E-state index contributed by atoms with van der Waals surface area (Å²) in [6.45, 7) is 0.273. The molecule has 1 aromatic rings. The van der Waals surface area contributed by atoms with E-state index < -0.39 is 22.0 Å². The molecule has 5 nitrogen and oxygen atoms in total. The van der Waals surface area contributed by atoms with Crippen LogP contribution in [-0.2, 0) is 14.8 Å². The van der Waals surface area contributed by atoms with Crippen molar-refractivity contribution in [3.63, 3.8) is 0 Å². The van der Waals surface area contributed by atoms with Gasteiger partial charge in [0.2, 0.25) is 10.0 Å². The summed E-state index contributed by atoms with van der Waals surface area (Å²) in [6, 6.07) is 0.745. The number of rotatable bonds is 4. The molecular formula is C10H11Cl2NO4S3. The molecule has 0 amide bonds. The standard InChI is InChI=1S/C10H11Cl2NO4S3/c11-8-4-7(10(12)19-8)20(16,17)13-1-2-18-5-6(13)3-9(14)15/h4,6H,1-3,5H2,(H,14,15). The van der Waals surface area contributed by atoms with Gasteiger partial charge in [-0.2, -0.15) is 16.1 Å². The molecule has 0 spiro atoms. The first kappa shape index (κ1) is 16.4. The molecular weight excluding hydrogens is 365 g/mol. The van der Waals surface area contributed by atoms with E-state index in [1.807, 2.05) is 0 Å². The monoisotopic (exact) mass is 375 g/mol. The molecule has 1 aliphatic heterocycles. The van der Waals surface area contributed by atoms with Gasteiger partial charge in [0.25, 0.3) is 0 Å². The Labute approximate surface area is 134 Å². The molecule has 1 aliphatic rings. The molecule has 2 heterocycles. The van der Waals surface area contributed by atoms with Gasteiger partial charge in [-0.1, -0.05) is 23.2 Å². The van der Waals surface area contributed by atoms with E-state index in [9.17, 15) is 13.2 Å². The van der Waals surface area contributed by atoms with Crippen LogP contribution in [0, 0.1) is 0 Å². The first-order valence-electron chi connectivity index (χ1n) is 5.58. The number of aliphatic carboxylic acids is 1. The van der Waals surface area contributed by atoms with Crippen molar-refractivity contribution in [3.8, 4) is 0 Å². The van der Waals surface area contributed by atoms with Crippen molar-refractivity contribution in [2.75, 3.05) is 18.1 Å². The third kappa shape index (κ3) is 3.42. The lowest BCUT2D eigenvalue weighted by atomic mass is 10.2. The highest BCUT2D eigenvalue weighted by Gasteiger charge is 2.36. The lowest BCUT2D eigenvalue weighted by Gasteiger charge is -2.33. The van der Waals surface area contributed by atoms with Crippen molar-refractivity contribution in [3.05, 3.63) is 14.7 Å². The number of hydrogen-bond donors (Lipinski definition) is 1. The van der Waals surface area contributed by atoms with Gasteiger partial charge in [0.1, 0.15) is 9.23 Å². The fourth-order valence-corrected chi connectivity index (χ4v) is 6.96. The van der Waals surface area contributed by atoms with Crippen LogP contribution in [0.1, 0.15) is 6.42 Å². The largest absolute Gasteiger partial charge is 0.481 e. The van der Waals surface area contributed by atoms with Crippen molar-refractivity contribution < 1.29 is 18.3 Å². The third-order valence-electron chi connectivity index (χ3n) is 2.80. The number of carbonyl (C=O) groups is 1. The van der Waals surface area contributed by atoms with Crippen LogP contribution in [-0.4, -0.2) is 47.9 Å². The molecule has 2 rings (SSSR count). The summed E-state index contributed by atoms with van der Waals surface area (Å²) in [7, 11) is -3.82. The van der Waals surface area contributed by atoms with Gasteiger partial charge in [-0.15, -0.1) is 11.3 Å². The van der Waals surface area contributed by atoms with E-state index in [0.717, 1.165) is 11.3 Å². The SMILES string of the molecule is O=C(O)CC1CSCCN1S(=O)(=O)c1cc(Cl)sc1Cl. The van der Waals surface area contributed by atoms with Gasteiger partial charge in [0.05, 0.1) is 10.8 Å². The second kappa shape index (κ2) is 6.41. The van der Waals surface area contributed by atoms with E-state index in [-0.39, 0.29) is 26.5 Å². The van der Waals surface area contributed by atoms with Crippen molar-refractivity contribution in [1.29, 1.82) is 0 Å². The van der Waals surface area contributed by atoms with Crippen LogP contribution in [0.15, 0.2) is 11.0 Å². The second-order valence-corrected chi connectivity index (χ2v) is 9.43. The summed E-state index contributed by atoms with van der Waals surface area (Å²) >= 11 is 14.2. The Balaban J connectivity index is 2.35. The van der Waals surface area contributed by atoms with Gasteiger partial charge in [-0.05, 0) is 6.07 Å². The molecule has 0 aliphatic carbocycles. The lowest BCUT2D eigenvalue weighted by molar-refractivity contribution is -0.137. The second-order valence-electron chi connectivity index (χ2n) is 4.13. The number of hydrogen-bond acceptors (Lipinski definition) is 5. The van der Waals surface area contributed by atoms with Crippen LogP contribution in [0.5, 0.6) is 0 Å². The number of thioether (sulfide) groups is 1. The number of halogens is 2. The first-order valence-corrected chi connectivity index (χ1v) is 9.75. The van der Waals surface area contributed by atoms with E-state index in [1.54, 1.807) is 11.8 Å². The highest BCUT2D eigenvalue weighted by Crippen LogP contribution is 2.37. The number of carboxylic acids is 1. The van der Waals surface area contributed by atoms with Crippen LogP contribution < -0.4 is 0 Å². The van der Waals surface area contributed by atoms with Gasteiger partial charge in [-0.3, -0.25) is 4.79 Å². The van der Waals surface area contributed by atoms with Crippen molar-refractivity contribution in [2.45, 2.75) is 17.4 Å². The first-order chi connectivity index (χ1) is 9.32. The fraction of sp³-hybridized carbons (Fsp3) is 0.500. The van der Waals surface area contributed by atoms with Gasteiger partial charge >= 0.3 is 5.97 Å². The molecule has 1 atom stereocenters. The van der Waals surface area contributed by atoms with Crippen LogP contribution >= 0.6 is 46.3 Å². The predicted octanol–water partition coefficient (Wildman–Crippen LogP) is 2.64. The zero-order chi connectivity index (χ0) is 14.9. The van der Waals surface area contributed by atoms with Crippen molar-refractivity contribution in [2.24, 2.45) is 0 Å². The molecule has 0 aromatic carbocycles. The number of carboxylic acid groups (broad SMARTS) is 1. The van der Waals surface area contributed by atoms with E-state index in [2.05, 4.69) is 0 Å². The van der Waals surface area contributed by atoms with E-state index in [0.29, 0.717) is 11.5 Å². The van der Waals surface area contributed by atoms with Gasteiger partial charge in [-0.25, -0.2) is 8.42 Å². The summed E-state index contributed by atoms with van der Waals surface area (Å²) in [5, 5.41) is 8.90. The Morgan fingerprint density at radius 3 is 2.75 bits per heavy atom. The molecule has 1 aromatic heterocycles. The van der Waals surface area contributed by atoms with Gasteiger partial charge < -0.3 is 5.11 Å². The van der Waals surface area contributed by atoms with Crippen LogP contribution in [0.2, 0.25) is 8.67 Å². The quantitative estimate of drug-likeness (QED) is 0.875. The maximum atomic E-state index is 12.6. The van der Waals surface area contributed by atoms with Crippen LogP contribution in [0.25, 0.3) is 0 Å². The summed E-state index contributed by atoms with van der Waals surface area (Å²) in [6.07, 6.45) is -0.221. The van der Waals surface area contributed by atoms with E-state index >= 15 is 0 Å². The summed E-state index contributed by atoms with van der Waals surface area (Å²) in [4.78, 5) is 10.8. The normalized spacial score (nSPS) is 21.0. The Bertz CT molecular complexity index is 616. The average molecular weight is 376 g/mol. The Kier molecular flexibility index (Phi) is 5.25. The van der Waals surface area contributed by atoms with E-state index in [4.69, 9.17) is 28.3 Å². The molecule has 0 saturated carbocycles. The fourth-order valence-electron chi connectivity index (χ4n) is 1.95. The minimum absolute atomic E-state index is 0.0449. The smallest absolute Gasteiger partial charge is 0.305 e. The Morgan fingerprint density at radius 2 is 2.20 bits per heavy atom. The zero-order valence-electron chi connectivity index (χ0n) is 10.1. The molecule has 20 heavy (non-hydrogen) atoms. The molecule has 112 valence electrons. The van der Waals surface area contributed by atoms with Crippen molar-refractivity contribution >= 4 is 62.3 Å². The molecule has 1 fully saturated rings. The summed E-state index contributed by atoms with van der Waals surface area (Å²) < 4.78 is 26.8. The third-order valence-corrected chi connectivity index (χ3v) is 7.59. The topological polar surface area (TPSA) is 74.7 Å². The average Bonchev–Trinajstić information content (AvgIpc) is 2.69. The van der Waals surface area contributed by atoms with Crippen LogP contribution in [0.3, 0.4) is 0 Å². The van der Waals surface area contributed by atoms with Crippen LogP contribution in [0.4, 0.5) is 0 Å². The minimum Gasteiger partial charge on any atom is -0.481 e. The molecule has 1 saturated heterocycles. The molecule has 0 bridgehead atoms. The van der Waals surface area contributed by atoms with Crippen molar-refractivity contribution in [1.82, 2.24) is 4.31 Å². The highest BCUT2D eigenvalue weighted by atomic mass is 35.5. The van der Waals surface area contributed by atoms with Gasteiger partial charge in [0.15, 0.2) is 0 Å². The zero-order valence-corrected chi connectivity index (χ0v) is 14.0. The number of sulfonamides is 1. The summed E-state index contributed by atoms with van der Waals surface area (Å²) in [5.74, 6) is 0.0680. The lowest BCUT2D eigenvalue weighted by Crippen LogP contribution is -2.46. The number of thiophene rings is 1. The molecule has 1 unspecified atom stereocenters. The minimum atomic E-state index is -3.82. The predicted molar refractivity (Wildman–Crippen MR) is 81.6 cm³/mol. The number of nitrogens with zero attached hydrogens (tertiary/aromatic N) is 1. The molecule has 10 heteroatoms. The van der Waals surface area contributed by atoms with E-state index in [1.165, 1.54) is 10.4 Å². The summed E-state index contributed by atoms with van der Waals surface area (Å²) in [5.41, 5.74) is 0. The molecule has 1 N–H and O–H groups in total.